The number of piperazine rings is 1. The van der Waals surface area contributed by atoms with Gasteiger partial charge in [0.1, 0.15) is 0 Å². The zero-order chi connectivity index (χ0) is 17.3. The molecule has 2 aromatic rings. The highest BCUT2D eigenvalue weighted by Crippen LogP contribution is 2.37. The first-order valence-corrected chi connectivity index (χ1v) is 9.31. The number of aryl methyl sites for hydroxylation is 2. The van der Waals surface area contributed by atoms with Gasteiger partial charge < -0.3 is 0 Å². The monoisotopic (exact) mass is 344 g/mol. The molecule has 25 heavy (non-hydrogen) atoms. The van der Waals surface area contributed by atoms with Crippen molar-refractivity contribution in [1.82, 2.24) is 39.8 Å². The molecule has 2 aromatic heterocycles. The Morgan fingerprint density at radius 2 is 1.52 bits per heavy atom. The number of rotatable bonds is 4. The summed E-state index contributed by atoms with van der Waals surface area (Å²) in [6.45, 7) is 5.19. The van der Waals surface area contributed by atoms with Crippen LogP contribution in [-0.2, 0) is 27.2 Å². The van der Waals surface area contributed by atoms with Gasteiger partial charge >= 0.3 is 0 Å². The molecule has 2 fully saturated rings. The van der Waals surface area contributed by atoms with Crippen LogP contribution in [0.1, 0.15) is 43.5 Å². The maximum atomic E-state index is 4.10. The average molecular weight is 344 g/mol. The summed E-state index contributed by atoms with van der Waals surface area (Å²) in [7, 11) is 3.96. The van der Waals surface area contributed by atoms with Crippen LogP contribution in [0.2, 0.25) is 0 Å². The van der Waals surface area contributed by atoms with Gasteiger partial charge in [0.05, 0.1) is 23.8 Å². The molecule has 1 spiro atoms. The predicted octanol–water partition coefficient (Wildman–Crippen LogP) is 0.964. The molecule has 2 aliphatic rings. The predicted molar refractivity (Wildman–Crippen MR) is 93.5 cm³/mol. The molecular weight excluding hydrogens is 316 g/mol. The lowest BCUT2D eigenvalue weighted by atomic mass is 9.78. The molecule has 8 nitrogen and oxygen atoms in total. The Morgan fingerprint density at radius 1 is 0.880 bits per heavy atom. The fourth-order valence-corrected chi connectivity index (χ4v) is 4.49. The molecule has 4 rings (SSSR count). The Hall–Kier alpha value is -1.80. The lowest BCUT2D eigenvalue weighted by Crippen LogP contribution is -2.62. The molecule has 0 atom stereocenters. The van der Waals surface area contributed by atoms with Gasteiger partial charge in [0, 0.05) is 52.4 Å². The molecule has 1 aliphatic heterocycles. The van der Waals surface area contributed by atoms with Gasteiger partial charge in [0.2, 0.25) is 0 Å². The maximum absolute atomic E-state index is 4.10. The van der Waals surface area contributed by atoms with Crippen LogP contribution in [-0.4, -0.2) is 65.0 Å². The van der Waals surface area contributed by atoms with Gasteiger partial charge in [-0.3, -0.25) is 19.2 Å². The van der Waals surface area contributed by atoms with Crippen molar-refractivity contribution in [2.24, 2.45) is 14.1 Å². The summed E-state index contributed by atoms with van der Waals surface area (Å²) in [5.74, 6) is 0. The van der Waals surface area contributed by atoms with Gasteiger partial charge in [-0.15, -0.1) is 10.2 Å². The fourth-order valence-electron chi connectivity index (χ4n) is 4.49. The van der Waals surface area contributed by atoms with E-state index < -0.39 is 0 Å². The van der Waals surface area contributed by atoms with E-state index in [1.165, 1.54) is 43.5 Å². The summed E-state index contributed by atoms with van der Waals surface area (Å²) in [5, 5.41) is 16.3. The SMILES string of the molecule is Cn1nncc1CN1CCN(Cc2cnnn2C)C2(CCCCC2)C1. The number of aromatic nitrogens is 6. The van der Waals surface area contributed by atoms with E-state index in [4.69, 9.17) is 0 Å². The smallest absolute Gasteiger partial charge is 0.0738 e. The van der Waals surface area contributed by atoms with Gasteiger partial charge in [-0.25, -0.2) is 0 Å². The second-order valence-corrected chi connectivity index (χ2v) is 7.62. The van der Waals surface area contributed by atoms with Gasteiger partial charge in [-0.2, -0.15) is 0 Å². The van der Waals surface area contributed by atoms with Crippen molar-refractivity contribution >= 4 is 0 Å². The van der Waals surface area contributed by atoms with Gasteiger partial charge in [-0.1, -0.05) is 29.7 Å². The Kier molecular flexibility index (Phi) is 4.56. The highest BCUT2D eigenvalue weighted by atomic mass is 15.4. The van der Waals surface area contributed by atoms with E-state index in [1.807, 2.05) is 35.9 Å². The summed E-state index contributed by atoms with van der Waals surface area (Å²) < 4.78 is 3.80. The third-order valence-electron chi connectivity index (χ3n) is 6.01. The standard InChI is InChI=1S/C17H28N8/c1-22-15(10-18-20-22)12-24-8-9-25(13-16-11-19-21-23(16)2)17(14-24)6-4-3-5-7-17/h10-11H,3-9,12-14H2,1-2H3. The number of hydrogen-bond donors (Lipinski definition) is 0. The molecule has 1 saturated heterocycles. The van der Waals surface area contributed by atoms with Crippen molar-refractivity contribution in [2.45, 2.75) is 50.7 Å². The molecule has 1 saturated carbocycles. The van der Waals surface area contributed by atoms with E-state index in [9.17, 15) is 0 Å². The second kappa shape index (κ2) is 6.84. The van der Waals surface area contributed by atoms with E-state index in [1.54, 1.807) is 0 Å². The molecule has 0 aromatic carbocycles. The molecule has 0 amide bonds. The molecule has 3 heterocycles. The lowest BCUT2D eigenvalue weighted by Gasteiger charge is -2.53. The normalized spacial score (nSPS) is 21.8. The second-order valence-electron chi connectivity index (χ2n) is 7.62. The van der Waals surface area contributed by atoms with Crippen LogP contribution in [0.3, 0.4) is 0 Å². The van der Waals surface area contributed by atoms with Crippen molar-refractivity contribution in [2.75, 3.05) is 19.6 Å². The highest BCUT2D eigenvalue weighted by molar-refractivity contribution is 5.04. The van der Waals surface area contributed by atoms with Gasteiger partial charge in [0.25, 0.3) is 0 Å². The molecule has 0 unspecified atom stereocenters. The Balaban J connectivity index is 1.51. The van der Waals surface area contributed by atoms with Crippen molar-refractivity contribution in [3.8, 4) is 0 Å². The topological polar surface area (TPSA) is 67.9 Å². The van der Waals surface area contributed by atoms with E-state index in [-0.39, 0.29) is 5.54 Å². The molecule has 1 aliphatic carbocycles. The van der Waals surface area contributed by atoms with Crippen molar-refractivity contribution in [1.29, 1.82) is 0 Å². The Morgan fingerprint density at radius 3 is 2.12 bits per heavy atom. The van der Waals surface area contributed by atoms with Gasteiger partial charge in [0.15, 0.2) is 0 Å². The third-order valence-corrected chi connectivity index (χ3v) is 6.01. The molecule has 0 radical (unpaired) electrons. The molecule has 0 N–H and O–H groups in total. The van der Waals surface area contributed by atoms with Crippen LogP contribution in [0.15, 0.2) is 12.4 Å². The van der Waals surface area contributed by atoms with Crippen molar-refractivity contribution in [3.63, 3.8) is 0 Å². The first-order chi connectivity index (χ1) is 12.2. The maximum Gasteiger partial charge on any atom is 0.0738 e. The van der Waals surface area contributed by atoms with E-state index in [0.717, 1.165) is 32.7 Å². The van der Waals surface area contributed by atoms with E-state index in [0.29, 0.717) is 0 Å². The minimum absolute atomic E-state index is 0.285. The van der Waals surface area contributed by atoms with E-state index in [2.05, 4.69) is 30.4 Å². The van der Waals surface area contributed by atoms with Crippen molar-refractivity contribution < 1.29 is 0 Å². The number of nitrogens with zero attached hydrogens (tertiary/aromatic N) is 8. The lowest BCUT2D eigenvalue weighted by molar-refractivity contribution is -0.0369. The first-order valence-electron chi connectivity index (χ1n) is 9.31. The summed E-state index contributed by atoms with van der Waals surface area (Å²) >= 11 is 0. The van der Waals surface area contributed by atoms with Gasteiger partial charge in [-0.05, 0) is 12.8 Å². The molecular formula is C17H28N8. The Bertz CT molecular complexity index is 699. The molecule has 8 heteroatoms. The minimum Gasteiger partial charge on any atom is -0.294 e. The van der Waals surface area contributed by atoms with Crippen LogP contribution in [0.4, 0.5) is 0 Å². The highest BCUT2D eigenvalue weighted by Gasteiger charge is 2.42. The average Bonchev–Trinajstić information content (AvgIpc) is 3.20. The van der Waals surface area contributed by atoms with Crippen LogP contribution in [0, 0.1) is 0 Å². The third kappa shape index (κ3) is 3.32. The van der Waals surface area contributed by atoms with E-state index >= 15 is 0 Å². The summed E-state index contributed by atoms with van der Waals surface area (Å²) in [6.07, 6.45) is 10.4. The van der Waals surface area contributed by atoms with Crippen LogP contribution < -0.4 is 0 Å². The number of hydrogen-bond acceptors (Lipinski definition) is 6. The molecule has 0 bridgehead atoms. The summed E-state index contributed by atoms with van der Waals surface area (Å²) in [4.78, 5) is 5.28. The van der Waals surface area contributed by atoms with Crippen molar-refractivity contribution in [3.05, 3.63) is 23.8 Å². The van der Waals surface area contributed by atoms with Crippen LogP contribution in [0.5, 0.6) is 0 Å². The zero-order valence-corrected chi connectivity index (χ0v) is 15.3. The summed E-state index contributed by atoms with van der Waals surface area (Å²) in [6, 6.07) is 0. The minimum atomic E-state index is 0.285. The van der Waals surface area contributed by atoms with Crippen LogP contribution >= 0.6 is 0 Å². The zero-order valence-electron chi connectivity index (χ0n) is 15.3. The van der Waals surface area contributed by atoms with Crippen LogP contribution in [0.25, 0.3) is 0 Å². The quantitative estimate of drug-likeness (QED) is 0.823. The molecule has 136 valence electrons. The fraction of sp³-hybridized carbons (Fsp3) is 0.765. The largest absolute Gasteiger partial charge is 0.294 e. The first kappa shape index (κ1) is 16.7. The Labute approximate surface area is 148 Å². The summed E-state index contributed by atoms with van der Waals surface area (Å²) in [5.41, 5.74) is 2.68.